The lowest BCUT2D eigenvalue weighted by Gasteiger charge is -2.36. The molecule has 1 aliphatic rings. The minimum absolute atomic E-state index is 0. The summed E-state index contributed by atoms with van der Waals surface area (Å²) in [4.78, 5) is 11.8. The number of β-amino-alcohol motifs (C(OH)–C–C–N with tert-alkyl or cyclic N) is 1. The summed E-state index contributed by atoms with van der Waals surface area (Å²) in [5.74, 6) is 1.03. The van der Waals surface area contributed by atoms with Gasteiger partial charge in [0.05, 0.1) is 18.0 Å². The van der Waals surface area contributed by atoms with Gasteiger partial charge in [0.25, 0.3) is 0 Å². The van der Waals surface area contributed by atoms with Crippen LogP contribution < -0.4 is 10.6 Å². The molecule has 24 heavy (non-hydrogen) atoms. The standard InChI is InChI=1S/C16H24N2O4S.ClH/c19-13-9-17-12(15(21)16(13)22)6-7-23-10-14(20)18-8-11-4-2-1-3-5-11;/h1-5,12-13,15-17,19,21-22H,6-10H2,(H,18,20);1H/t12-,13-,15+,16+;/m1./s1. The number of benzene rings is 1. The first kappa shape index (κ1) is 21.2. The minimum Gasteiger partial charge on any atom is -0.389 e. The van der Waals surface area contributed by atoms with Crippen LogP contribution in [0, 0.1) is 0 Å². The monoisotopic (exact) mass is 376 g/mol. The molecule has 1 aromatic carbocycles. The molecule has 0 spiro atoms. The van der Waals surface area contributed by atoms with Crippen LogP contribution in [0.3, 0.4) is 0 Å². The molecule has 0 aliphatic carbocycles. The van der Waals surface area contributed by atoms with Crippen molar-refractivity contribution in [1.82, 2.24) is 10.6 Å². The summed E-state index contributed by atoms with van der Waals surface area (Å²) in [6.07, 6.45) is -2.40. The highest BCUT2D eigenvalue weighted by atomic mass is 35.5. The summed E-state index contributed by atoms with van der Waals surface area (Å²) in [5, 5.41) is 34.8. The maximum absolute atomic E-state index is 11.8. The molecule has 1 fully saturated rings. The van der Waals surface area contributed by atoms with E-state index in [9.17, 15) is 20.1 Å². The van der Waals surface area contributed by atoms with Crippen molar-refractivity contribution in [2.45, 2.75) is 37.3 Å². The Hall–Kier alpha value is -0.830. The molecule has 0 unspecified atom stereocenters. The van der Waals surface area contributed by atoms with Gasteiger partial charge in [-0.15, -0.1) is 12.4 Å². The predicted octanol–water partition coefficient (Wildman–Crippen LogP) is -0.0976. The highest BCUT2D eigenvalue weighted by Gasteiger charge is 2.35. The van der Waals surface area contributed by atoms with Gasteiger partial charge in [0.15, 0.2) is 0 Å². The van der Waals surface area contributed by atoms with Crippen LogP contribution in [0.1, 0.15) is 12.0 Å². The number of carbonyl (C=O) groups excluding carboxylic acids is 1. The van der Waals surface area contributed by atoms with Crippen LogP contribution in [-0.2, 0) is 11.3 Å². The molecule has 0 saturated carbocycles. The lowest BCUT2D eigenvalue weighted by atomic mass is 9.94. The van der Waals surface area contributed by atoms with Gasteiger partial charge in [0.2, 0.25) is 5.91 Å². The zero-order chi connectivity index (χ0) is 16.7. The lowest BCUT2D eigenvalue weighted by Crippen LogP contribution is -2.59. The summed E-state index contributed by atoms with van der Waals surface area (Å²) >= 11 is 1.49. The molecule has 1 aromatic rings. The first-order valence-corrected chi connectivity index (χ1v) is 8.89. The quantitative estimate of drug-likeness (QED) is 0.426. The molecule has 2 rings (SSSR count). The highest BCUT2D eigenvalue weighted by molar-refractivity contribution is 7.99. The van der Waals surface area contributed by atoms with E-state index in [4.69, 9.17) is 0 Å². The van der Waals surface area contributed by atoms with Crippen molar-refractivity contribution in [3.63, 3.8) is 0 Å². The average molecular weight is 377 g/mol. The Balaban J connectivity index is 0.00000288. The molecule has 1 aliphatic heterocycles. The molecule has 0 bridgehead atoms. The summed E-state index contributed by atoms with van der Waals surface area (Å²) in [6, 6.07) is 9.47. The van der Waals surface area contributed by atoms with E-state index in [1.807, 2.05) is 30.3 Å². The van der Waals surface area contributed by atoms with Crippen LogP contribution in [0.4, 0.5) is 0 Å². The van der Waals surface area contributed by atoms with E-state index in [0.717, 1.165) is 5.56 Å². The highest BCUT2D eigenvalue weighted by Crippen LogP contribution is 2.15. The Bertz CT molecular complexity index is 494. The Morgan fingerprint density at radius 1 is 1.21 bits per heavy atom. The van der Waals surface area contributed by atoms with Crippen molar-refractivity contribution >= 4 is 30.1 Å². The maximum Gasteiger partial charge on any atom is 0.230 e. The third kappa shape index (κ3) is 6.58. The molecule has 4 atom stereocenters. The van der Waals surface area contributed by atoms with Gasteiger partial charge < -0.3 is 26.0 Å². The fourth-order valence-corrected chi connectivity index (χ4v) is 3.33. The summed E-state index contributed by atoms with van der Waals surface area (Å²) in [7, 11) is 0. The van der Waals surface area contributed by atoms with Gasteiger partial charge in [-0.2, -0.15) is 11.8 Å². The third-order valence-corrected chi connectivity index (χ3v) is 4.88. The number of rotatable bonds is 7. The second-order valence-electron chi connectivity index (χ2n) is 5.67. The lowest BCUT2D eigenvalue weighted by molar-refractivity contribution is -0.118. The zero-order valence-corrected chi connectivity index (χ0v) is 14.9. The van der Waals surface area contributed by atoms with Gasteiger partial charge in [-0.1, -0.05) is 30.3 Å². The van der Waals surface area contributed by atoms with Crippen LogP contribution in [0.25, 0.3) is 0 Å². The number of halogens is 1. The summed E-state index contributed by atoms with van der Waals surface area (Å²) in [5.41, 5.74) is 1.06. The van der Waals surface area contributed by atoms with Crippen molar-refractivity contribution in [2.24, 2.45) is 0 Å². The molecular formula is C16H25ClN2O4S. The average Bonchev–Trinajstić information content (AvgIpc) is 2.57. The number of piperidine rings is 1. The number of nitrogens with one attached hydrogen (secondary N) is 2. The van der Waals surface area contributed by atoms with E-state index in [1.165, 1.54) is 11.8 Å². The molecule has 1 heterocycles. The van der Waals surface area contributed by atoms with Crippen LogP contribution >= 0.6 is 24.2 Å². The van der Waals surface area contributed by atoms with Crippen molar-refractivity contribution in [3.8, 4) is 0 Å². The number of aliphatic hydroxyl groups excluding tert-OH is 3. The number of thioether (sulfide) groups is 1. The SMILES string of the molecule is Cl.O=C(CSCC[C@H]1NC[C@@H](O)[C@H](O)[C@H]1O)NCc1ccccc1. The fourth-order valence-electron chi connectivity index (χ4n) is 2.47. The normalized spacial score (nSPS) is 26.5. The molecule has 1 saturated heterocycles. The van der Waals surface area contributed by atoms with E-state index >= 15 is 0 Å². The second-order valence-corrected chi connectivity index (χ2v) is 6.77. The van der Waals surface area contributed by atoms with Crippen molar-refractivity contribution in [1.29, 1.82) is 0 Å². The van der Waals surface area contributed by atoms with Crippen molar-refractivity contribution < 1.29 is 20.1 Å². The summed E-state index contributed by atoms with van der Waals surface area (Å²) in [6.45, 7) is 0.790. The van der Waals surface area contributed by atoms with E-state index in [2.05, 4.69) is 10.6 Å². The number of aliphatic hydroxyl groups is 3. The Morgan fingerprint density at radius 2 is 1.92 bits per heavy atom. The number of amides is 1. The Kier molecular flexibility index (Phi) is 9.65. The Morgan fingerprint density at radius 3 is 2.62 bits per heavy atom. The van der Waals surface area contributed by atoms with Crippen LogP contribution in [-0.4, -0.2) is 63.6 Å². The Labute approximate surface area is 152 Å². The van der Waals surface area contributed by atoms with Crippen molar-refractivity contribution in [3.05, 3.63) is 35.9 Å². The minimum atomic E-state index is -1.11. The van der Waals surface area contributed by atoms with E-state index in [-0.39, 0.29) is 30.9 Å². The first-order valence-electron chi connectivity index (χ1n) is 7.74. The smallest absolute Gasteiger partial charge is 0.230 e. The van der Waals surface area contributed by atoms with Gasteiger partial charge in [-0.25, -0.2) is 0 Å². The molecule has 1 amide bonds. The number of hydrogen-bond acceptors (Lipinski definition) is 6. The van der Waals surface area contributed by atoms with E-state index < -0.39 is 18.3 Å². The predicted molar refractivity (Wildman–Crippen MR) is 97.3 cm³/mol. The van der Waals surface area contributed by atoms with Gasteiger partial charge in [-0.3, -0.25) is 4.79 Å². The van der Waals surface area contributed by atoms with Gasteiger partial charge >= 0.3 is 0 Å². The first-order chi connectivity index (χ1) is 11.1. The van der Waals surface area contributed by atoms with Crippen LogP contribution in [0.5, 0.6) is 0 Å². The van der Waals surface area contributed by atoms with E-state index in [0.29, 0.717) is 24.5 Å². The third-order valence-electron chi connectivity index (χ3n) is 3.88. The van der Waals surface area contributed by atoms with Crippen LogP contribution in [0.2, 0.25) is 0 Å². The molecular weight excluding hydrogens is 352 g/mol. The van der Waals surface area contributed by atoms with E-state index in [1.54, 1.807) is 0 Å². The second kappa shape index (κ2) is 10.9. The maximum atomic E-state index is 11.8. The molecule has 136 valence electrons. The number of hydrogen-bond donors (Lipinski definition) is 5. The van der Waals surface area contributed by atoms with Crippen molar-refractivity contribution in [2.75, 3.05) is 18.1 Å². The van der Waals surface area contributed by atoms with Crippen LogP contribution in [0.15, 0.2) is 30.3 Å². The molecule has 0 aromatic heterocycles. The number of carbonyl (C=O) groups is 1. The fraction of sp³-hybridized carbons (Fsp3) is 0.562. The molecule has 0 radical (unpaired) electrons. The molecule has 8 heteroatoms. The van der Waals surface area contributed by atoms with Gasteiger partial charge in [0.1, 0.15) is 6.10 Å². The largest absolute Gasteiger partial charge is 0.389 e. The van der Waals surface area contributed by atoms with Gasteiger partial charge in [-0.05, 0) is 17.7 Å². The molecule has 6 nitrogen and oxygen atoms in total. The molecule has 5 N–H and O–H groups in total. The zero-order valence-electron chi connectivity index (χ0n) is 13.3. The topological polar surface area (TPSA) is 102 Å². The van der Waals surface area contributed by atoms with Gasteiger partial charge in [0, 0.05) is 19.1 Å². The summed E-state index contributed by atoms with van der Waals surface area (Å²) < 4.78 is 0.